The zero-order chi connectivity index (χ0) is 18.5. The number of aromatic nitrogens is 1. The topological polar surface area (TPSA) is 65.6 Å². The van der Waals surface area contributed by atoms with Crippen LogP contribution in [0.5, 0.6) is 5.75 Å². The Morgan fingerprint density at radius 3 is 2.27 bits per heavy atom. The van der Waals surface area contributed by atoms with Gasteiger partial charge in [-0.15, -0.1) is 0 Å². The molecular formula is C19H22FN3O3. The summed E-state index contributed by atoms with van der Waals surface area (Å²) in [4.78, 5) is 31.2. The maximum absolute atomic E-state index is 13.7. The molecule has 0 atom stereocenters. The summed E-state index contributed by atoms with van der Waals surface area (Å²) in [5.41, 5.74) is 1.49. The maximum Gasteiger partial charge on any atom is 0.228 e. The van der Waals surface area contributed by atoms with E-state index in [1.54, 1.807) is 22.1 Å². The van der Waals surface area contributed by atoms with E-state index < -0.39 is 5.82 Å². The lowest BCUT2D eigenvalue weighted by atomic mass is 10.1. The van der Waals surface area contributed by atoms with Crippen LogP contribution in [0.25, 0.3) is 0 Å². The van der Waals surface area contributed by atoms with E-state index in [0.717, 1.165) is 5.69 Å². The number of amides is 2. The lowest BCUT2D eigenvalue weighted by molar-refractivity contribution is -0.138. The second-order valence-electron chi connectivity index (χ2n) is 6.28. The minimum atomic E-state index is -0.475. The molecule has 138 valence electrons. The van der Waals surface area contributed by atoms with Crippen molar-refractivity contribution in [2.75, 3.05) is 33.3 Å². The molecule has 3 rings (SSSR count). The van der Waals surface area contributed by atoms with Gasteiger partial charge < -0.3 is 19.5 Å². The van der Waals surface area contributed by atoms with Gasteiger partial charge >= 0.3 is 0 Å². The van der Waals surface area contributed by atoms with E-state index in [4.69, 9.17) is 4.74 Å². The predicted molar refractivity (Wildman–Crippen MR) is 94.3 cm³/mol. The number of rotatable bonds is 5. The molecule has 2 heterocycles. The molecule has 1 aliphatic heterocycles. The summed E-state index contributed by atoms with van der Waals surface area (Å²) in [6, 6.07) is 8.28. The average Bonchev–Trinajstić information content (AvgIpc) is 3.15. The molecule has 1 aromatic heterocycles. The predicted octanol–water partition coefficient (Wildman–Crippen LogP) is 1.62. The number of hydrogen-bond acceptors (Lipinski definition) is 3. The van der Waals surface area contributed by atoms with Crippen molar-refractivity contribution in [3.05, 3.63) is 53.6 Å². The number of carbonyl (C=O) groups excluding carboxylic acids is 2. The van der Waals surface area contributed by atoms with E-state index in [0.29, 0.717) is 38.2 Å². The molecule has 26 heavy (non-hydrogen) atoms. The Balaban J connectivity index is 1.50. The van der Waals surface area contributed by atoms with Crippen LogP contribution in [0, 0.1) is 5.82 Å². The number of benzene rings is 1. The summed E-state index contributed by atoms with van der Waals surface area (Å²) in [5.74, 6) is -0.323. The number of halogens is 1. The van der Waals surface area contributed by atoms with Crippen molar-refractivity contribution >= 4 is 11.8 Å². The molecule has 6 nitrogen and oxygen atoms in total. The first kappa shape index (κ1) is 18.0. The normalized spacial score (nSPS) is 14.4. The van der Waals surface area contributed by atoms with Gasteiger partial charge in [0.2, 0.25) is 11.8 Å². The summed E-state index contributed by atoms with van der Waals surface area (Å²) in [7, 11) is 1.40. The van der Waals surface area contributed by atoms with Gasteiger partial charge in [0.1, 0.15) is 0 Å². The highest BCUT2D eigenvalue weighted by molar-refractivity contribution is 5.80. The first-order valence-corrected chi connectivity index (χ1v) is 8.57. The standard InChI is InChI=1S/C19H22FN3O3/c1-26-17-5-4-14(11-16(17)20)12-18(24)22-7-9-23(10-8-22)19(25)13-15-3-2-6-21-15/h2-6,11,21H,7-10,12-13H2,1H3. The van der Waals surface area contributed by atoms with E-state index >= 15 is 0 Å². The molecule has 0 unspecified atom stereocenters. The minimum Gasteiger partial charge on any atom is -0.494 e. The third-order valence-corrected chi connectivity index (χ3v) is 4.56. The fraction of sp³-hybridized carbons (Fsp3) is 0.368. The largest absolute Gasteiger partial charge is 0.494 e. The van der Waals surface area contributed by atoms with Crippen LogP contribution in [0.1, 0.15) is 11.3 Å². The molecule has 0 saturated carbocycles. The summed E-state index contributed by atoms with van der Waals surface area (Å²) in [6.45, 7) is 2.02. The number of hydrogen-bond donors (Lipinski definition) is 1. The van der Waals surface area contributed by atoms with Crippen molar-refractivity contribution in [1.82, 2.24) is 14.8 Å². The number of nitrogens with one attached hydrogen (secondary N) is 1. The van der Waals surface area contributed by atoms with Crippen LogP contribution in [0.4, 0.5) is 4.39 Å². The van der Waals surface area contributed by atoms with Crippen molar-refractivity contribution in [2.45, 2.75) is 12.8 Å². The third-order valence-electron chi connectivity index (χ3n) is 4.56. The minimum absolute atomic E-state index is 0.0526. The summed E-state index contributed by atoms with van der Waals surface area (Å²) in [5, 5.41) is 0. The van der Waals surface area contributed by atoms with Crippen molar-refractivity contribution in [2.24, 2.45) is 0 Å². The summed E-state index contributed by atoms with van der Waals surface area (Å²) < 4.78 is 18.6. The Labute approximate surface area is 151 Å². The SMILES string of the molecule is COc1ccc(CC(=O)N2CCN(C(=O)Cc3ccc[nH]3)CC2)cc1F. The summed E-state index contributed by atoms with van der Waals surface area (Å²) >= 11 is 0. The van der Waals surface area contributed by atoms with Gasteiger partial charge in [-0.1, -0.05) is 6.07 Å². The van der Waals surface area contributed by atoms with Crippen molar-refractivity contribution in [3.8, 4) is 5.75 Å². The van der Waals surface area contributed by atoms with Crippen molar-refractivity contribution < 1.29 is 18.7 Å². The number of nitrogens with zero attached hydrogens (tertiary/aromatic N) is 2. The van der Waals surface area contributed by atoms with Gasteiger partial charge in [-0.3, -0.25) is 9.59 Å². The van der Waals surface area contributed by atoms with Gasteiger partial charge in [-0.2, -0.15) is 0 Å². The molecule has 1 aliphatic rings. The molecule has 1 N–H and O–H groups in total. The van der Waals surface area contributed by atoms with Crippen LogP contribution in [0.3, 0.4) is 0 Å². The van der Waals surface area contributed by atoms with Crippen molar-refractivity contribution in [3.63, 3.8) is 0 Å². The van der Waals surface area contributed by atoms with Crippen LogP contribution >= 0.6 is 0 Å². The lowest BCUT2D eigenvalue weighted by Gasteiger charge is -2.35. The number of aromatic amines is 1. The fourth-order valence-corrected chi connectivity index (χ4v) is 3.06. The highest BCUT2D eigenvalue weighted by Gasteiger charge is 2.24. The van der Waals surface area contributed by atoms with Gasteiger partial charge in [0.25, 0.3) is 0 Å². The second kappa shape index (κ2) is 8.03. The Morgan fingerprint density at radius 1 is 1.08 bits per heavy atom. The Kier molecular flexibility index (Phi) is 5.55. The highest BCUT2D eigenvalue weighted by Crippen LogP contribution is 2.18. The fourth-order valence-electron chi connectivity index (χ4n) is 3.06. The summed E-state index contributed by atoms with van der Waals surface area (Å²) in [6.07, 6.45) is 2.27. The van der Waals surface area contributed by atoms with Crippen LogP contribution < -0.4 is 4.74 Å². The molecule has 1 aromatic carbocycles. The first-order valence-electron chi connectivity index (χ1n) is 8.57. The second-order valence-corrected chi connectivity index (χ2v) is 6.28. The van der Waals surface area contributed by atoms with Gasteiger partial charge in [0, 0.05) is 38.1 Å². The average molecular weight is 359 g/mol. The molecule has 2 aromatic rings. The van der Waals surface area contributed by atoms with Crippen LogP contribution in [-0.4, -0.2) is 59.9 Å². The molecule has 2 amide bonds. The molecule has 1 saturated heterocycles. The number of methoxy groups -OCH3 is 1. The van der Waals surface area contributed by atoms with E-state index in [1.807, 2.05) is 12.1 Å². The monoisotopic (exact) mass is 359 g/mol. The molecule has 0 spiro atoms. The van der Waals surface area contributed by atoms with Crippen LogP contribution in [-0.2, 0) is 22.4 Å². The third kappa shape index (κ3) is 4.22. The molecular weight excluding hydrogens is 337 g/mol. The van der Waals surface area contributed by atoms with Crippen molar-refractivity contribution in [1.29, 1.82) is 0 Å². The van der Waals surface area contributed by atoms with E-state index in [2.05, 4.69) is 4.98 Å². The smallest absolute Gasteiger partial charge is 0.228 e. The van der Waals surface area contributed by atoms with Gasteiger partial charge in [0.15, 0.2) is 11.6 Å². The van der Waals surface area contributed by atoms with Crippen LogP contribution in [0.2, 0.25) is 0 Å². The number of piperazine rings is 1. The number of H-pyrrole nitrogens is 1. The van der Waals surface area contributed by atoms with Gasteiger partial charge in [-0.25, -0.2) is 4.39 Å². The van der Waals surface area contributed by atoms with E-state index in [9.17, 15) is 14.0 Å². The number of carbonyl (C=O) groups is 2. The maximum atomic E-state index is 13.7. The van der Waals surface area contributed by atoms with E-state index in [1.165, 1.54) is 19.2 Å². The van der Waals surface area contributed by atoms with Crippen LogP contribution in [0.15, 0.2) is 36.5 Å². The highest BCUT2D eigenvalue weighted by atomic mass is 19.1. The Morgan fingerprint density at radius 2 is 1.73 bits per heavy atom. The molecule has 0 bridgehead atoms. The molecule has 1 fully saturated rings. The van der Waals surface area contributed by atoms with Gasteiger partial charge in [0.05, 0.1) is 20.0 Å². The van der Waals surface area contributed by atoms with E-state index in [-0.39, 0.29) is 24.0 Å². The zero-order valence-corrected chi connectivity index (χ0v) is 14.7. The first-order chi connectivity index (χ1) is 12.6. The Bertz CT molecular complexity index is 768. The zero-order valence-electron chi connectivity index (χ0n) is 14.7. The lowest BCUT2D eigenvalue weighted by Crippen LogP contribution is -2.51. The number of ether oxygens (including phenoxy) is 1. The van der Waals surface area contributed by atoms with Gasteiger partial charge in [-0.05, 0) is 29.8 Å². The quantitative estimate of drug-likeness (QED) is 0.882. The molecule has 0 radical (unpaired) electrons. The Hall–Kier alpha value is -2.83. The molecule has 0 aliphatic carbocycles. The molecule has 7 heteroatoms.